The number of hydrogen-bond acceptors (Lipinski definition) is 2. The van der Waals surface area contributed by atoms with Crippen molar-refractivity contribution >= 4 is 13.9 Å². The van der Waals surface area contributed by atoms with E-state index in [0.717, 1.165) is 5.92 Å². The largest absolute Gasteiger partial charge is 0.365 e. The first-order valence-electron chi connectivity index (χ1n) is 8.85. The van der Waals surface area contributed by atoms with Crippen molar-refractivity contribution in [1.29, 1.82) is 0 Å². The minimum Gasteiger partial charge on any atom is -0.365 e. The molecule has 2 nitrogen and oxygen atoms in total. The third-order valence-corrected chi connectivity index (χ3v) is 4.36. The number of carbonyl (C=O) groups is 1. The van der Waals surface area contributed by atoms with Crippen molar-refractivity contribution in [3.8, 4) is 35.1 Å². The summed E-state index contributed by atoms with van der Waals surface area (Å²) >= 11 is 0. The van der Waals surface area contributed by atoms with Crippen LogP contribution in [0.4, 0.5) is 0 Å². The molecule has 0 aromatic heterocycles. The van der Waals surface area contributed by atoms with Gasteiger partial charge in [0.15, 0.2) is 0 Å². The molecule has 0 bridgehead atoms. The van der Waals surface area contributed by atoms with E-state index >= 15 is 0 Å². The van der Waals surface area contributed by atoms with Crippen molar-refractivity contribution in [3.63, 3.8) is 0 Å². The summed E-state index contributed by atoms with van der Waals surface area (Å²) in [7, 11) is -1.58. The minimum atomic E-state index is -1.58. The van der Waals surface area contributed by atoms with Gasteiger partial charge in [0, 0.05) is 11.1 Å². The molecule has 1 saturated carbocycles. The van der Waals surface area contributed by atoms with Crippen molar-refractivity contribution in [2.24, 2.45) is 5.92 Å². The summed E-state index contributed by atoms with van der Waals surface area (Å²) in [5, 5.41) is 0. The number of benzene rings is 1. The molecule has 0 spiro atoms. The van der Waals surface area contributed by atoms with Gasteiger partial charge >= 0.3 is 0 Å². The fraction of sp³-hybridized carbons (Fsp3) is 0.348. The maximum absolute atomic E-state index is 12.3. The fourth-order valence-electron chi connectivity index (χ4n) is 2.00. The van der Waals surface area contributed by atoms with Gasteiger partial charge in [-0.05, 0) is 48.7 Å². The van der Waals surface area contributed by atoms with Crippen LogP contribution >= 0.6 is 0 Å². The van der Waals surface area contributed by atoms with Crippen molar-refractivity contribution in [1.82, 2.24) is 0 Å². The number of hydrogen-bond donors (Lipinski definition) is 0. The van der Waals surface area contributed by atoms with Gasteiger partial charge in [-0.2, -0.15) is 0 Å². The van der Waals surface area contributed by atoms with Crippen LogP contribution in [0.5, 0.6) is 0 Å². The zero-order valence-electron chi connectivity index (χ0n) is 15.7. The first-order valence-corrected chi connectivity index (χ1v) is 12.4. The van der Waals surface area contributed by atoms with Crippen LogP contribution in [0.15, 0.2) is 36.4 Å². The second-order valence-corrected chi connectivity index (χ2v) is 12.0. The first-order chi connectivity index (χ1) is 12.5. The van der Waals surface area contributed by atoms with Crippen LogP contribution in [-0.4, -0.2) is 27.1 Å². The summed E-state index contributed by atoms with van der Waals surface area (Å²) in [5.74, 6) is 14.7. The molecule has 3 heteroatoms. The third-order valence-electron chi connectivity index (χ3n) is 3.49. The lowest BCUT2D eigenvalue weighted by Gasteiger charge is -2.03. The zero-order chi connectivity index (χ0) is 18.8. The average Bonchev–Trinajstić information content (AvgIpc) is 3.42. The molecule has 0 aliphatic heterocycles. The van der Waals surface area contributed by atoms with Crippen molar-refractivity contribution in [2.45, 2.75) is 32.5 Å². The molecule has 0 amide bonds. The van der Waals surface area contributed by atoms with E-state index in [9.17, 15) is 4.79 Å². The van der Waals surface area contributed by atoms with Gasteiger partial charge in [0.25, 0.3) is 0 Å². The number of allylic oxidation sites excluding steroid dienone is 1. The van der Waals surface area contributed by atoms with E-state index in [2.05, 4.69) is 60.9 Å². The Morgan fingerprint density at radius 3 is 2.73 bits per heavy atom. The highest BCUT2D eigenvalue weighted by Gasteiger charge is 2.16. The van der Waals surface area contributed by atoms with E-state index in [1.807, 2.05) is 24.3 Å². The fourth-order valence-corrected chi connectivity index (χ4v) is 2.48. The quantitative estimate of drug-likeness (QED) is 0.260. The van der Waals surface area contributed by atoms with E-state index in [0.29, 0.717) is 24.3 Å². The number of ether oxygens (including phenoxy) is 1. The molecule has 2 rings (SSSR count). The molecule has 26 heavy (non-hydrogen) atoms. The lowest BCUT2D eigenvalue weighted by molar-refractivity contribution is 0.105. The molecular weight excluding hydrogens is 336 g/mol. The molecule has 1 fully saturated rings. The van der Waals surface area contributed by atoms with Gasteiger partial charge in [0.05, 0.1) is 6.61 Å². The SMILES string of the molecule is C[Si](C)(C)C#CC(=O)c1ccccc1C#CC#CCOCC=CC1CC1. The molecular formula is C23H24O2Si. The molecule has 1 aliphatic rings. The lowest BCUT2D eigenvalue weighted by Crippen LogP contribution is -2.17. The van der Waals surface area contributed by atoms with Crippen molar-refractivity contribution < 1.29 is 9.53 Å². The van der Waals surface area contributed by atoms with Gasteiger partial charge in [-0.3, -0.25) is 4.79 Å². The number of ketones is 1. The monoisotopic (exact) mass is 360 g/mol. The zero-order valence-corrected chi connectivity index (χ0v) is 16.7. The van der Waals surface area contributed by atoms with Crippen LogP contribution in [0.1, 0.15) is 28.8 Å². The maximum atomic E-state index is 12.3. The molecule has 1 aromatic rings. The number of carbonyl (C=O) groups excluding carboxylic acids is 1. The Bertz CT molecular complexity index is 851. The first kappa shape index (κ1) is 19.8. The summed E-state index contributed by atoms with van der Waals surface area (Å²) in [6, 6.07) is 7.25. The molecule has 1 aromatic carbocycles. The molecule has 1 aliphatic carbocycles. The van der Waals surface area contributed by atoms with Gasteiger partial charge in [0.1, 0.15) is 14.7 Å². The van der Waals surface area contributed by atoms with Crippen LogP contribution in [0.2, 0.25) is 19.6 Å². The summed E-state index contributed by atoms with van der Waals surface area (Å²) in [6.45, 7) is 7.27. The number of Topliss-reactive ketones (excluding diaryl/α,β-unsaturated/α-hetero) is 1. The van der Waals surface area contributed by atoms with E-state index in [-0.39, 0.29) is 5.78 Å². The van der Waals surface area contributed by atoms with Crippen molar-refractivity contribution in [3.05, 3.63) is 47.5 Å². The smallest absolute Gasteiger partial charge is 0.236 e. The molecule has 0 unspecified atom stereocenters. The molecule has 132 valence electrons. The molecule has 0 atom stereocenters. The van der Waals surface area contributed by atoms with Gasteiger partial charge in [-0.25, -0.2) is 0 Å². The Morgan fingerprint density at radius 1 is 1.23 bits per heavy atom. The van der Waals surface area contributed by atoms with E-state index in [1.165, 1.54) is 12.8 Å². The summed E-state index contributed by atoms with van der Waals surface area (Å²) in [6.07, 6.45) is 6.86. The van der Waals surface area contributed by atoms with Crippen LogP contribution in [0.3, 0.4) is 0 Å². The van der Waals surface area contributed by atoms with Gasteiger partial charge in [0.2, 0.25) is 5.78 Å². The summed E-state index contributed by atoms with van der Waals surface area (Å²) in [4.78, 5) is 12.3. The second-order valence-electron chi connectivity index (χ2n) is 7.21. The van der Waals surface area contributed by atoms with Gasteiger partial charge in [-0.15, -0.1) is 5.54 Å². The Labute approximate surface area is 158 Å². The summed E-state index contributed by atoms with van der Waals surface area (Å²) in [5.41, 5.74) is 4.29. The van der Waals surface area contributed by atoms with E-state index in [4.69, 9.17) is 4.74 Å². The summed E-state index contributed by atoms with van der Waals surface area (Å²) < 4.78 is 5.39. The molecule has 0 N–H and O–H groups in total. The highest BCUT2D eigenvalue weighted by molar-refractivity contribution is 6.84. The minimum absolute atomic E-state index is 0.184. The Morgan fingerprint density at radius 2 is 2.00 bits per heavy atom. The maximum Gasteiger partial charge on any atom is 0.236 e. The average molecular weight is 361 g/mol. The van der Waals surface area contributed by atoms with Gasteiger partial charge < -0.3 is 4.74 Å². The topological polar surface area (TPSA) is 26.3 Å². The van der Waals surface area contributed by atoms with Crippen LogP contribution in [0.25, 0.3) is 0 Å². The molecule has 0 radical (unpaired) electrons. The van der Waals surface area contributed by atoms with E-state index in [1.54, 1.807) is 6.07 Å². The Balaban J connectivity index is 1.91. The standard InChI is InChI=1S/C23H24O2Si/c1-26(2,3)19-16-23(24)22-13-7-6-12-21(22)11-5-4-8-17-25-18-9-10-20-14-15-20/h6-7,9-10,12-13,20H,14-15,17-18H2,1-3H3. The highest BCUT2D eigenvalue weighted by Crippen LogP contribution is 2.29. The number of rotatable bonds is 5. The van der Waals surface area contributed by atoms with E-state index < -0.39 is 8.07 Å². The van der Waals surface area contributed by atoms with Crippen LogP contribution < -0.4 is 0 Å². The Hall–Kier alpha value is -2.51. The predicted molar refractivity (Wildman–Crippen MR) is 109 cm³/mol. The predicted octanol–water partition coefficient (Wildman–Crippen LogP) is 4.09. The van der Waals surface area contributed by atoms with Crippen LogP contribution in [-0.2, 0) is 4.74 Å². The normalized spacial score (nSPS) is 13.0. The second kappa shape index (κ2) is 9.84. The lowest BCUT2D eigenvalue weighted by atomic mass is 10.0. The third kappa shape index (κ3) is 8.04. The van der Waals surface area contributed by atoms with Crippen molar-refractivity contribution in [2.75, 3.05) is 13.2 Å². The molecule has 0 heterocycles. The Kier molecular flexibility index (Phi) is 7.49. The van der Waals surface area contributed by atoms with Gasteiger partial charge in [-0.1, -0.05) is 55.8 Å². The highest BCUT2D eigenvalue weighted by atomic mass is 28.3. The van der Waals surface area contributed by atoms with Crippen LogP contribution in [0, 0.1) is 41.1 Å². The molecule has 0 saturated heterocycles.